The van der Waals surface area contributed by atoms with Gasteiger partial charge in [-0.25, -0.2) is 4.98 Å². The molecule has 5 aromatic rings. The Morgan fingerprint density at radius 1 is 0.821 bits per heavy atom. The summed E-state index contributed by atoms with van der Waals surface area (Å²) in [4.78, 5) is 3.33. The molecule has 1 heterocycles. The van der Waals surface area contributed by atoms with Crippen LogP contribution in [-0.4, -0.2) is 36.0 Å². The molecule has 0 saturated heterocycles. The molecule has 0 aliphatic rings. The van der Waals surface area contributed by atoms with Crippen molar-refractivity contribution >= 4 is 63.9 Å². The van der Waals surface area contributed by atoms with Crippen LogP contribution in [0.4, 0.5) is 11.4 Å². The lowest BCUT2D eigenvalue weighted by Crippen LogP contribution is -2.02. The molecular weight excluding hydrogens is 563 g/mol. The highest BCUT2D eigenvalue weighted by Gasteiger charge is 2.26. The molecule has 4 aromatic carbocycles. The summed E-state index contributed by atoms with van der Waals surface area (Å²) < 4.78 is 68.4. The molecule has 0 bridgehead atoms. The first-order chi connectivity index (χ1) is 18.2. The second-order valence-corrected chi connectivity index (χ2v) is 12.8. The Kier molecular flexibility index (Phi) is 6.51. The average molecular weight is 584 g/mol. The molecule has 0 unspecified atom stereocenters. The SMILES string of the molecule is Cc1cc(C)c2nc(-c3ccc(N=Nc4c(S(=O)(=O)O)cc5cccc(S(=O)(=O)O)c5c4O)c(C)c3)sc2c1. The molecule has 13 heteroatoms. The van der Waals surface area contributed by atoms with Crippen molar-refractivity contribution in [1.82, 2.24) is 4.98 Å². The van der Waals surface area contributed by atoms with Gasteiger partial charge in [-0.15, -0.1) is 16.5 Å². The van der Waals surface area contributed by atoms with E-state index in [1.165, 1.54) is 12.1 Å². The summed E-state index contributed by atoms with van der Waals surface area (Å²) in [6.45, 7) is 5.80. The average Bonchev–Trinajstić information content (AvgIpc) is 3.27. The highest BCUT2D eigenvalue weighted by Crippen LogP contribution is 2.44. The second kappa shape index (κ2) is 9.47. The van der Waals surface area contributed by atoms with Gasteiger partial charge in [-0.1, -0.05) is 18.2 Å². The molecule has 1 aromatic heterocycles. The van der Waals surface area contributed by atoms with Gasteiger partial charge in [0.15, 0.2) is 5.75 Å². The third-order valence-corrected chi connectivity index (χ3v) is 8.94. The van der Waals surface area contributed by atoms with Gasteiger partial charge in [0.2, 0.25) is 0 Å². The highest BCUT2D eigenvalue weighted by atomic mass is 32.2. The largest absolute Gasteiger partial charge is 0.505 e. The summed E-state index contributed by atoms with van der Waals surface area (Å²) in [5, 5.41) is 19.2. The standard InChI is InChI=1S/C26H21N3O7S3/c1-13-9-15(3)23-19(10-13)37-26(27-23)17-7-8-18(14(2)11-17)28-29-24-21(39(34,35)36)12-16-5-4-6-20(38(31,32)33)22(16)25(24)30/h4-12,30H,1-3H3,(H,31,32,33)(H,34,35,36). The van der Waals surface area contributed by atoms with E-state index >= 15 is 0 Å². The van der Waals surface area contributed by atoms with Gasteiger partial charge in [0.25, 0.3) is 20.2 Å². The van der Waals surface area contributed by atoms with Crippen LogP contribution < -0.4 is 0 Å². The van der Waals surface area contributed by atoms with E-state index in [1.54, 1.807) is 30.4 Å². The predicted octanol–water partition coefficient (Wildman–Crippen LogP) is 6.66. The maximum Gasteiger partial charge on any atom is 0.296 e. The van der Waals surface area contributed by atoms with Gasteiger partial charge < -0.3 is 5.11 Å². The molecule has 0 aliphatic heterocycles. The lowest BCUT2D eigenvalue weighted by molar-refractivity contribution is 0.469. The molecule has 0 amide bonds. The minimum absolute atomic E-state index is 0.0593. The number of benzene rings is 4. The number of azo groups is 1. The van der Waals surface area contributed by atoms with Crippen molar-refractivity contribution in [2.45, 2.75) is 30.6 Å². The van der Waals surface area contributed by atoms with Gasteiger partial charge >= 0.3 is 0 Å². The van der Waals surface area contributed by atoms with Crippen LogP contribution in [0.3, 0.4) is 0 Å². The Bertz CT molecular complexity index is 2070. The molecule has 200 valence electrons. The Labute approximate surface area is 227 Å². The zero-order chi connectivity index (χ0) is 28.3. The van der Waals surface area contributed by atoms with Crippen molar-refractivity contribution in [1.29, 1.82) is 0 Å². The quantitative estimate of drug-likeness (QED) is 0.153. The molecule has 5 rings (SSSR count). The Balaban J connectivity index is 1.62. The second-order valence-electron chi connectivity index (χ2n) is 9.03. The van der Waals surface area contributed by atoms with Crippen molar-refractivity contribution in [3.63, 3.8) is 0 Å². The van der Waals surface area contributed by atoms with Gasteiger partial charge in [-0.2, -0.15) is 21.9 Å². The fourth-order valence-corrected chi connectivity index (χ4v) is 6.89. The molecule has 0 aliphatic carbocycles. The number of hydrogen-bond donors (Lipinski definition) is 3. The maximum atomic E-state index is 12.1. The monoisotopic (exact) mass is 583 g/mol. The number of fused-ring (bicyclic) bond motifs is 2. The molecular formula is C26H21N3O7S3. The fraction of sp³-hybridized carbons (Fsp3) is 0.115. The smallest absolute Gasteiger partial charge is 0.296 e. The van der Waals surface area contributed by atoms with Crippen molar-refractivity contribution in [2.75, 3.05) is 0 Å². The van der Waals surface area contributed by atoms with Crippen LogP contribution in [0.2, 0.25) is 0 Å². The number of aryl methyl sites for hydroxylation is 3. The molecule has 0 fully saturated rings. The normalized spacial score (nSPS) is 12.6. The van der Waals surface area contributed by atoms with Crippen LogP contribution in [0.1, 0.15) is 16.7 Å². The molecule has 0 saturated carbocycles. The van der Waals surface area contributed by atoms with Gasteiger partial charge in [0, 0.05) is 10.9 Å². The maximum absolute atomic E-state index is 12.1. The lowest BCUT2D eigenvalue weighted by atomic mass is 10.1. The number of phenols is 1. The molecule has 10 nitrogen and oxygen atoms in total. The van der Waals surface area contributed by atoms with Crippen molar-refractivity contribution in [3.8, 4) is 16.3 Å². The number of aromatic hydroxyl groups is 1. The van der Waals surface area contributed by atoms with Crippen molar-refractivity contribution in [3.05, 3.63) is 71.3 Å². The zero-order valence-corrected chi connectivity index (χ0v) is 23.2. The summed E-state index contributed by atoms with van der Waals surface area (Å²) in [5.41, 5.74) is 4.31. The Morgan fingerprint density at radius 3 is 2.21 bits per heavy atom. The van der Waals surface area contributed by atoms with Crippen molar-refractivity contribution in [2.24, 2.45) is 10.2 Å². The fourth-order valence-electron chi connectivity index (χ4n) is 4.37. The number of phenolic OH excluding ortho intramolecular Hbond substituents is 1. The number of hydrogen-bond acceptors (Lipinski definition) is 9. The van der Waals surface area contributed by atoms with Crippen LogP contribution in [0.15, 0.2) is 74.6 Å². The van der Waals surface area contributed by atoms with E-state index in [-0.39, 0.29) is 10.8 Å². The van der Waals surface area contributed by atoms with Gasteiger partial charge in [-0.3, -0.25) is 9.11 Å². The summed E-state index contributed by atoms with van der Waals surface area (Å²) in [6, 6.07) is 14.0. The van der Waals surface area contributed by atoms with E-state index < -0.39 is 41.5 Å². The molecule has 39 heavy (non-hydrogen) atoms. The summed E-state index contributed by atoms with van der Waals surface area (Å²) in [6.07, 6.45) is 0. The van der Waals surface area contributed by atoms with E-state index in [4.69, 9.17) is 4.98 Å². The lowest BCUT2D eigenvalue weighted by Gasteiger charge is -2.11. The topological polar surface area (TPSA) is 167 Å². The molecule has 3 N–H and O–H groups in total. The molecule has 0 radical (unpaired) electrons. The first-order valence-electron chi connectivity index (χ1n) is 11.4. The Morgan fingerprint density at radius 2 is 1.54 bits per heavy atom. The molecule has 0 atom stereocenters. The van der Waals surface area contributed by atoms with E-state index in [9.17, 15) is 31.0 Å². The summed E-state index contributed by atoms with van der Waals surface area (Å²) in [5.74, 6) is -0.883. The minimum Gasteiger partial charge on any atom is -0.505 e. The number of aromatic nitrogens is 1. The van der Waals surface area contributed by atoms with Crippen molar-refractivity contribution < 1.29 is 31.0 Å². The van der Waals surface area contributed by atoms with Gasteiger partial charge in [-0.05, 0) is 79.2 Å². The number of rotatable bonds is 5. The van der Waals surface area contributed by atoms with Crippen LogP contribution in [-0.2, 0) is 20.2 Å². The van der Waals surface area contributed by atoms with Crippen LogP contribution in [0, 0.1) is 20.8 Å². The van der Waals surface area contributed by atoms with E-state index in [1.807, 2.05) is 19.9 Å². The van der Waals surface area contributed by atoms with Gasteiger partial charge in [0.1, 0.15) is 20.5 Å². The van der Waals surface area contributed by atoms with Crippen LogP contribution in [0.25, 0.3) is 31.6 Å². The van der Waals surface area contributed by atoms with E-state index in [0.29, 0.717) is 11.3 Å². The number of thiazole rings is 1. The summed E-state index contributed by atoms with van der Waals surface area (Å²) >= 11 is 1.55. The van der Waals surface area contributed by atoms with E-state index in [2.05, 4.69) is 22.4 Å². The van der Waals surface area contributed by atoms with Crippen LogP contribution >= 0.6 is 11.3 Å². The first-order valence-corrected chi connectivity index (χ1v) is 15.1. The van der Waals surface area contributed by atoms with E-state index in [0.717, 1.165) is 44.0 Å². The highest BCUT2D eigenvalue weighted by molar-refractivity contribution is 7.86. The van der Waals surface area contributed by atoms with Gasteiger partial charge in [0.05, 0.1) is 15.9 Å². The summed E-state index contributed by atoms with van der Waals surface area (Å²) in [7, 11) is -9.69. The first kappa shape index (κ1) is 26.8. The predicted molar refractivity (Wildman–Crippen MR) is 149 cm³/mol. The minimum atomic E-state index is -4.91. The zero-order valence-electron chi connectivity index (χ0n) is 20.7. The third-order valence-electron chi connectivity index (χ3n) is 6.13. The third kappa shape index (κ3) is 5.02. The molecule has 0 spiro atoms. The van der Waals surface area contributed by atoms with Crippen LogP contribution in [0.5, 0.6) is 5.75 Å². The Hall–Kier alpha value is -3.75. The number of nitrogens with zero attached hydrogens (tertiary/aromatic N) is 3.